The van der Waals surface area contributed by atoms with Crippen LogP contribution in [0.2, 0.25) is 0 Å². The first kappa shape index (κ1) is 6.97. The molecule has 0 saturated heterocycles. The SMILES string of the molecule is Cc1ccccc1-[n+]1ncn[nH]1. The molecule has 1 N–H and O–H groups in total. The topological polar surface area (TPSA) is 45.5 Å². The van der Waals surface area contributed by atoms with Gasteiger partial charge in [0.05, 0.1) is 5.10 Å². The molecule has 0 aliphatic carbocycles. The van der Waals surface area contributed by atoms with Crippen molar-refractivity contribution in [2.45, 2.75) is 6.92 Å². The molecule has 12 heavy (non-hydrogen) atoms. The third-order valence-corrected chi connectivity index (χ3v) is 1.72. The van der Waals surface area contributed by atoms with Crippen LogP contribution in [0.4, 0.5) is 0 Å². The lowest BCUT2D eigenvalue weighted by Crippen LogP contribution is -2.36. The zero-order valence-corrected chi connectivity index (χ0v) is 6.73. The predicted molar refractivity (Wildman–Crippen MR) is 42.7 cm³/mol. The van der Waals surface area contributed by atoms with Gasteiger partial charge in [-0.1, -0.05) is 18.2 Å². The molecule has 4 heteroatoms. The van der Waals surface area contributed by atoms with Crippen molar-refractivity contribution in [3.63, 3.8) is 0 Å². The van der Waals surface area contributed by atoms with Crippen LogP contribution < -0.4 is 4.80 Å². The van der Waals surface area contributed by atoms with E-state index in [1.807, 2.05) is 31.2 Å². The number of aromatic amines is 1. The van der Waals surface area contributed by atoms with E-state index < -0.39 is 0 Å². The Morgan fingerprint density at radius 1 is 1.33 bits per heavy atom. The lowest BCUT2D eigenvalue weighted by Gasteiger charge is -1.95. The van der Waals surface area contributed by atoms with Gasteiger partial charge in [-0.25, -0.2) is 0 Å². The van der Waals surface area contributed by atoms with Crippen molar-refractivity contribution in [3.8, 4) is 5.69 Å². The van der Waals surface area contributed by atoms with E-state index in [2.05, 4.69) is 15.4 Å². The average Bonchev–Trinajstić information content (AvgIpc) is 2.57. The quantitative estimate of drug-likeness (QED) is 0.615. The van der Waals surface area contributed by atoms with Crippen LogP contribution in [0, 0.1) is 6.92 Å². The molecule has 0 bridgehead atoms. The number of H-pyrrole nitrogens is 1. The highest BCUT2D eigenvalue weighted by Gasteiger charge is 2.06. The second-order valence-corrected chi connectivity index (χ2v) is 2.56. The smallest absolute Gasteiger partial charge is 0.0617 e. The summed E-state index contributed by atoms with van der Waals surface area (Å²) in [6.07, 6.45) is 1.48. The number of aromatic nitrogens is 4. The Bertz CT molecular complexity index is 366. The molecule has 60 valence electrons. The van der Waals surface area contributed by atoms with Crippen LogP contribution in [0.15, 0.2) is 30.6 Å². The van der Waals surface area contributed by atoms with Gasteiger partial charge in [0.15, 0.2) is 5.69 Å². The summed E-state index contributed by atoms with van der Waals surface area (Å²) in [5.74, 6) is 0. The molecule has 0 spiro atoms. The summed E-state index contributed by atoms with van der Waals surface area (Å²) in [7, 11) is 0. The molecule has 2 aromatic rings. The highest BCUT2D eigenvalue weighted by molar-refractivity contribution is 5.31. The summed E-state index contributed by atoms with van der Waals surface area (Å²) in [6.45, 7) is 2.03. The number of tetrazole rings is 1. The molecule has 0 amide bonds. The van der Waals surface area contributed by atoms with Crippen LogP contribution in [-0.4, -0.2) is 15.4 Å². The highest BCUT2D eigenvalue weighted by atomic mass is 15.6. The number of aryl methyl sites for hydroxylation is 1. The summed E-state index contributed by atoms with van der Waals surface area (Å²) in [4.78, 5) is 1.63. The zero-order chi connectivity index (χ0) is 8.39. The number of para-hydroxylation sites is 1. The molecule has 2 rings (SSSR count). The van der Waals surface area contributed by atoms with E-state index in [-0.39, 0.29) is 0 Å². The van der Waals surface area contributed by atoms with Crippen molar-refractivity contribution < 1.29 is 4.80 Å². The maximum atomic E-state index is 4.00. The Morgan fingerprint density at radius 3 is 2.83 bits per heavy atom. The fraction of sp³-hybridized carbons (Fsp3) is 0.125. The summed E-state index contributed by atoms with van der Waals surface area (Å²) >= 11 is 0. The molecule has 0 saturated carbocycles. The van der Waals surface area contributed by atoms with Gasteiger partial charge in [-0.3, -0.25) is 0 Å². The fourth-order valence-corrected chi connectivity index (χ4v) is 1.10. The summed E-state index contributed by atoms with van der Waals surface area (Å²) < 4.78 is 0. The third-order valence-electron chi connectivity index (χ3n) is 1.72. The lowest BCUT2D eigenvalue weighted by molar-refractivity contribution is -0.717. The molecule has 0 fully saturated rings. The van der Waals surface area contributed by atoms with Crippen LogP contribution >= 0.6 is 0 Å². The van der Waals surface area contributed by atoms with Crippen molar-refractivity contribution in [2.24, 2.45) is 0 Å². The summed E-state index contributed by atoms with van der Waals surface area (Å²) in [5.41, 5.74) is 2.19. The molecule has 0 unspecified atom stereocenters. The Morgan fingerprint density at radius 2 is 2.17 bits per heavy atom. The molecule has 0 radical (unpaired) electrons. The first-order valence-electron chi connectivity index (χ1n) is 3.71. The summed E-state index contributed by atoms with van der Waals surface area (Å²) in [6, 6.07) is 7.99. The van der Waals surface area contributed by atoms with E-state index in [9.17, 15) is 0 Å². The van der Waals surface area contributed by atoms with Crippen LogP contribution in [-0.2, 0) is 0 Å². The first-order chi connectivity index (χ1) is 5.88. The van der Waals surface area contributed by atoms with Crippen molar-refractivity contribution in [1.29, 1.82) is 0 Å². The Hall–Kier alpha value is -1.71. The van der Waals surface area contributed by atoms with Crippen LogP contribution in [0.25, 0.3) is 5.69 Å². The van der Waals surface area contributed by atoms with Gasteiger partial charge in [-0.15, -0.1) is 0 Å². The van der Waals surface area contributed by atoms with Gasteiger partial charge in [0.2, 0.25) is 0 Å². The van der Waals surface area contributed by atoms with Crippen molar-refractivity contribution in [3.05, 3.63) is 36.2 Å². The number of hydrogen-bond donors (Lipinski definition) is 1. The van der Waals surface area contributed by atoms with E-state index >= 15 is 0 Å². The maximum Gasteiger partial charge on any atom is 0.297 e. The fourth-order valence-electron chi connectivity index (χ4n) is 1.10. The zero-order valence-electron chi connectivity index (χ0n) is 6.73. The number of hydrogen-bond acceptors (Lipinski definition) is 2. The molecule has 0 aliphatic heterocycles. The Balaban J connectivity index is 2.55. The third kappa shape index (κ3) is 1.07. The molecule has 0 aliphatic rings. The minimum Gasteiger partial charge on any atom is -0.0617 e. The van der Waals surface area contributed by atoms with E-state index in [0.29, 0.717) is 0 Å². The van der Waals surface area contributed by atoms with Gasteiger partial charge >= 0.3 is 0 Å². The monoisotopic (exact) mass is 161 g/mol. The minimum absolute atomic E-state index is 1.02. The van der Waals surface area contributed by atoms with E-state index in [1.165, 1.54) is 11.9 Å². The van der Waals surface area contributed by atoms with Gasteiger partial charge in [0.1, 0.15) is 0 Å². The molecular weight excluding hydrogens is 152 g/mol. The number of nitrogens with one attached hydrogen (secondary N) is 1. The number of benzene rings is 1. The molecular formula is C8H9N4+. The molecule has 0 atom stereocenters. The van der Waals surface area contributed by atoms with E-state index in [1.54, 1.807) is 4.80 Å². The van der Waals surface area contributed by atoms with Crippen molar-refractivity contribution >= 4 is 0 Å². The number of nitrogens with zero attached hydrogens (tertiary/aromatic N) is 3. The lowest BCUT2D eigenvalue weighted by atomic mass is 10.2. The van der Waals surface area contributed by atoms with Gasteiger partial charge in [0, 0.05) is 5.56 Å². The first-order valence-corrected chi connectivity index (χ1v) is 3.71. The van der Waals surface area contributed by atoms with Crippen molar-refractivity contribution in [1.82, 2.24) is 15.4 Å². The molecule has 4 nitrogen and oxygen atoms in total. The van der Waals surface area contributed by atoms with Gasteiger partial charge < -0.3 is 0 Å². The van der Waals surface area contributed by atoms with Crippen LogP contribution in [0.5, 0.6) is 0 Å². The molecule has 1 heterocycles. The largest absolute Gasteiger partial charge is 0.297 e. The molecule has 1 aromatic carbocycles. The predicted octanol–water partition coefficient (Wildman–Crippen LogP) is 0.390. The van der Waals surface area contributed by atoms with E-state index in [4.69, 9.17) is 0 Å². The minimum atomic E-state index is 1.02. The average molecular weight is 161 g/mol. The second kappa shape index (κ2) is 2.73. The second-order valence-electron chi connectivity index (χ2n) is 2.56. The van der Waals surface area contributed by atoms with E-state index in [0.717, 1.165) is 5.69 Å². The van der Waals surface area contributed by atoms with Gasteiger partial charge in [-0.05, 0) is 28.1 Å². The maximum absolute atomic E-state index is 4.00. The van der Waals surface area contributed by atoms with Gasteiger partial charge in [0.25, 0.3) is 6.33 Å². The standard InChI is InChI=1S/C8H8N4/c1-7-4-2-3-5-8(7)12-10-6-9-11-12/h2-6H,1H3/p+1. The Labute approximate surface area is 69.8 Å². The van der Waals surface area contributed by atoms with Crippen LogP contribution in [0.3, 0.4) is 0 Å². The van der Waals surface area contributed by atoms with Crippen LogP contribution in [0.1, 0.15) is 5.56 Å². The van der Waals surface area contributed by atoms with Crippen molar-refractivity contribution in [2.75, 3.05) is 0 Å². The van der Waals surface area contributed by atoms with Gasteiger partial charge in [-0.2, -0.15) is 0 Å². The Kier molecular flexibility index (Phi) is 1.59. The number of rotatable bonds is 1. The summed E-state index contributed by atoms with van der Waals surface area (Å²) in [5, 5.41) is 10.5. The normalized spacial score (nSPS) is 10.1. The molecule has 1 aromatic heterocycles. The highest BCUT2D eigenvalue weighted by Crippen LogP contribution is 2.03.